The fourth-order valence-electron chi connectivity index (χ4n) is 3.45. The maximum absolute atomic E-state index is 13.2. The maximum atomic E-state index is 13.2. The second kappa shape index (κ2) is 6.52. The van der Waals surface area contributed by atoms with Gasteiger partial charge in [0.1, 0.15) is 11.5 Å². The Balaban J connectivity index is 2.01. The Kier molecular flexibility index (Phi) is 4.05. The van der Waals surface area contributed by atoms with E-state index in [0.29, 0.717) is 5.57 Å². The predicted octanol–water partition coefficient (Wildman–Crippen LogP) is 4.86. The predicted molar refractivity (Wildman–Crippen MR) is 103 cm³/mol. The zero-order valence-corrected chi connectivity index (χ0v) is 14.7. The van der Waals surface area contributed by atoms with Crippen LogP contribution in [0.4, 0.5) is 0 Å². The number of para-hydroxylation sites is 1. The van der Waals surface area contributed by atoms with Crippen molar-refractivity contribution in [3.8, 4) is 11.5 Å². The van der Waals surface area contributed by atoms with Crippen molar-refractivity contribution < 1.29 is 14.3 Å². The molecule has 0 spiro atoms. The third kappa shape index (κ3) is 2.49. The lowest BCUT2D eigenvalue weighted by Gasteiger charge is -2.13. The molecule has 0 atom stereocenters. The van der Waals surface area contributed by atoms with Crippen molar-refractivity contribution in [3.05, 3.63) is 95.1 Å². The Morgan fingerprint density at radius 2 is 1.23 bits per heavy atom. The fraction of sp³-hybridized carbons (Fsp3) is 0.0870. The highest BCUT2D eigenvalue weighted by atomic mass is 16.5. The third-order valence-electron chi connectivity index (χ3n) is 4.67. The molecule has 3 aromatic carbocycles. The third-order valence-corrected chi connectivity index (χ3v) is 4.67. The van der Waals surface area contributed by atoms with E-state index in [4.69, 9.17) is 9.47 Å². The van der Waals surface area contributed by atoms with E-state index >= 15 is 0 Å². The molecule has 3 nitrogen and oxygen atoms in total. The van der Waals surface area contributed by atoms with Crippen LogP contribution in [0.1, 0.15) is 27.0 Å². The number of carbonyl (C=O) groups is 1. The topological polar surface area (TPSA) is 35.5 Å². The molecule has 1 aliphatic carbocycles. The SMILES string of the molecule is COc1ccc(C2=C(c3ccccc3OC)c3ccccc3C2=O)cc1. The average Bonchev–Trinajstić information content (AvgIpc) is 3.00. The van der Waals surface area contributed by atoms with Crippen LogP contribution in [0.25, 0.3) is 11.1 Å². The van der Waals surface area contributed by atoms with Crippen molar-refractivity contribution >= 4 is 16.9 Å². The molecule has 128 valence electrons. The Hall–Kier alpha value is -3.33. The van der Waals surface area contributed by atoms with Crippen LogP contribution in [0, 0.1) is 0 Å². The molecule has 3 heteroatoms. The van der Waals surface area contributed by atoms with Crippen molar-refractivity contribution in [2.45, 2.75) is 0 Å². The normalized spacial score (nSPS) is 12.9. The molecule has 0 saturated heterocycles. The van der Waals surface area contributed by atoms with Crippen molar-refractivity contribution in [1.82, 2.24) is 0 Å². The highest BCUT2D eigenvalue weighted by Crippen LogP contribution is 2.44. The number of ketones is 1. The summed E-state index contributed by atoms with van der Waals surface area (Å²) in [4.78, 5) is 13.2. The Morgan fingerprint density at radius 3 is 1.88 bits per heavy atom. The summed E-state index contributed by atoms with van der Waals surface area (Å²) in [6.45, 7) is 0. The standard InChI is InChI=1S/C23H18O3/c1-25-16-13-11-15(12-14-16)21-22(19-9-5-6-10-20(19)26-2)17-7-3-4-8-18(17)23(21)24/h3-14H,1-2H3. The van der Waals surface area contributed by atoms with Gasteiger partial charge in [0.05, 0.1) is 14.2 Å². The van der Waals surface area contributed by atoms with Gasteiger partial charge in [-0.2, -0.15) is 0 Å². The smallest absolute Gasteiger partial charge is 0.194 e. The number of methoxy groups -OCH3 is 2. The molecule has 0 aromatic heterocycles. The molecule has 0 bridgehead atoms. The zero-order chi connectivity index (χ0) is 18.1. The van der Waals surface area contributed by atoms with Gasteiger partial charge in [-0.3, -0.25) is 4.79 Å². The van der Waals surface area contributed by atoms with Gasteiger partial charge in [0.2, 0.25) is 0 Å². The number of Topliss-reactive ketones (excluding diaryl/α,β-unsaturated/α-hetero) is 1. The minimum atomic E-state index is 0.0340. The number of benzene rings is 3. The number of rotatable bonds is 4. The largest absolute Gasteiger partial charge is 0.497 e. The number of hydrogen-bond donors (Lipinski definition) is 0. The Bertz CT molecular complexity index is 1010. The lowest BCUT2D eigenvalue weighted by molar-refractivity contribution is 0.105. The van der Waals surface area contributed by atoms with Gasteiger partial charge in [0.15, 0.2) is 5.78 Å². The summed E-state index contributed by atoms with van der Waals surface area (Å²) in [6.07, 6.45) is 0. The number of hydrogen-bond acceptors (Lipinski definition) is 3. The lowest BCUT2D eigenvalue weighted by Crippen LogP contribution is -1.99. The second-order valence-electron chi connectivity index (χ2n) is 6.05. The van der Waals surface area contributed by atoms with E-state index in [1.807, 2.05) is 72.8 Å². The fourth-order valence-corrected chi connectivity index (χ4v) is 3.45. The molecule has 0 radical (unpaired) electrons. The molecule has 1 aliphatic rings. The molecular formula is C23H18O3. The molecule has 0 N–H and O–H groups in total. The molecular weight excluding hydrogens is 324 g/mol. The van der Waals surface area contributed by atoms with E-state index in [-0.39, 0.29) is 5.78 Å². The van der Waals surface area contributed by atoms with Crippen LogP contribution < -0.4 is 9.47 Å². The summed E-state index contributed by atoms with van der Waals surface area (Å²) in [6, 6.07) is 23.1. The van der Waals surface area contributed by atoms with Crippen molar-refractivity contribution in [2.75, 3.05) is 14.2 Å². The zero-order valence-electron chi connectivity index (χ0n) is 14.7. The Labute approximate surface area is 152 Å². The highest BCUT2D eigenvalue weighted by molar-refractivity contribution is 6.41. The van der Waals surface area contributed by atoms with Gasteiger partial charge < -0.3 is 9.47 Å². The molecule has 3 aromatic rings. The van der Waals surface area contributed by atoms with Gasteiger partial charge in [-0.25, -0.2) is 0 Å². The van der Waals surface area contributed by atoms with Gasteiger partial charge in [0, 0.05) is 22.3 Å². The van der Waals surface area contributed by atoms with Crippen molar-refractivity contribution in [2.24, 2.45) is 0 Å². The first kappa shape index (κ1) is 16.2. The average molecular weight is 342 g/mol. The maximum Gasteiger partial charge on any atom is 0.194 e. The molecule has 0 amide bonds. The summed E-state index contributed by atoms with van der Waals surface area (Å²) < 4.78 is 10.8. The number of allylic oxidation sites excluding steroid dienone is 1. The Morgan fingerprint density at radius 1 is 0.615 bits per heavy atom. The first-order chi connectivity index (χ1) is 12.7. The number of ether oxygens (including phenoxy) is 2. The van der Waals surface area contributed by atoms with Crippen LogP contribution >= 0.6 is 0 Å². The van der Waals surface area contributed by atoms with Crippen LogP contribution in [-0.4, -0.2) is 20.0 Å². The van der Waals surface area contributed by atoms with E-state index < -0.39 is 0 Å². The monoisotopic (exact) mass is 342 g/mol. The van der Waals surface area contributed by atoms with Crippen LogP contribution in [-0.2, 0) is 0 Å². The van der Waals surface area contributed by atoms with Crippen LogP contribution in [0.2, 0.25) is 0 Å². The van der Waals surface area contributed by atoms with Crippen LogP contribution in [0.5, 0.6) is 11.5 Å². The second-order valence-corrected chi connectivity index (χ2v) is 6.05. The van der Waals surface area contributed by atoms with Gasteiger partial charge in [-0.1, -0.05) is 54.6 Å². The summed E-state index contributed by atoms with van der Waals surface area (Å²) in [5, 5.41) is 0. The van der Waals surface area contributed by atoms with E-state index in [0.717, 1.165) is 39.3 Å². The van der Waals surface area contributed by atoms with Crippen LogP contribution in [0.3, 0.4) is 0 Å². The number of fused-ring (bicyclic) bond motifs is 1. The van der Waals surface area contributed by atoms with E-state index in [9.17, 15) is 4.79 Å². The molecule has 0 aliphatic heterocycles. The molecule has 0 unspecified atom stereocenters. The number of carbonyl (C=O) groups excluding carboxylic acids is 1. The molecule has 0 fully saturated rings. The summed E-state index contributed by atoms with van der Waals surface area (Å²) in [5.74, 6) is 1.54. The molecule has 4 rings (SSSR count). The van der Waals surface area contributed by atoms with Gasteiger partial charge in [-0.05, 0) is 29.3 Å². The van der Waals surface area contributed by atoms with Crippen molar-refractivity contribution in [1.29, 1.82) is 0 Å². The quantitative estimate of drug-likeness (QED) is 0.679. The van der Waals surface area contributed by atoms with E-state index in [1.54, 1.807) is 14.2 Å². The first-order valence-corrected chi connectivity index (χ1v) is 8.40. The summed E-state index contributed by atoms with van der Waals surface area (Å²) in [5.41, 5.74) is 5.05. The van der Waals surface area contributed by atoms with Crippen LogP contribution in [0.15, 0.2) is 72.8 Å². The van der Waals surface area contributed by atoms with Gasteiger partial charge in [0.25, 0.3) is 0 Å². The molecule has 26 heavy (non-hydrogen) atoms. The molecule has 0 heterocycles. The summed E-state index contributed by atoms with van der Waals surface area (Å²) >= 11 is 0. The van der Waals surface area contributed by atoms with Gasteiger partial charge >= 0.3 is 0 Å². The summed E-state index contributed by atoms with van der Waals surface area (Å²) in [7, 11) is 3.28. The minimum Gasteiger partial charge on any atom is -0.497 e. The highest BCUT2D eigenvalue weighted by Gasteiger charge is 2.32. The minimum absolute atomic E-state index is 0.0340. The van der Waals surface area contributed by atoms with Gasteiger partial charge in [-0.15, -0.1) is 0 Å². The molecule has 0 saturated carbocycles. The van der Waals surface area contributed by atoms with Crippen molar-refractivity contribution in [3.63, 3.8) is 0 Å². The first-order valence-electron chi connectivity index (χ1n) is 8.40. The lowest BCUT2D eigenvalue weighted by atomic mass is 9.93. The van der Waals surface area contributed by atoms with E-state index in [2.05, 4.69) is 0 Å². The van der Waals surface area contributed by atoms with E-state index in [1.165, 1.54) is 0 Å².